The lowest BCUT2D eigenvalue weighted by atomic mass is 10.2. The first-order valence-electron chi connectivity index (χ1n) is 4.44. The summed E-state index contributed by atoms with van der Waals surface area (Å²) in [4.78, 5) is 12.8. The van der Waals surface area contributed by atoms with Crippen molar-refractivity contribution in [1.82, 2.24) is 0 Å². The fourth-order valence-electron chi connectivity index (χ4n) is 1.38. The molecule has 1 aromatic rings. The van der Waals surface area contributed by atoms with Crippen LogP contribution in [0.3, 0.4) is 0 Å². The van der Waals surface area contributed by atoms with Crippen LogP contribution in [-0.2, 0) is 4.79 Å². The smallest absolute Gasteiger partial charge is 0.237 e. The minimum atomic E-state index is 0.0456. The van der Waals surface area contributed by atoms with Gasteiger partial charge in [0.2, 0.25) is 5.91 Å². The number of nitrogens with one attached hydrogen (secondary N) is 1. The van der Waals surface area contributed by atoms with Crippen LogP contribution in [0, 0.1) is 0 Å². The molecule has 0 radical (unpaired) electrons. The second-order valence-electron chi connectivity index (χ2n) is 3.07. The van der Waals surface area contributed by atoms with E-state index in [2.05, 4.69) is 21.2 Å². The summed E-state index contributed by atoms with van der Waals surface area (Å²) in [6.07, 6.45) is 0.866. The molecule has 2 rings (SSSR count). The maximum absolute atomic E-state index is 11.6. The molecule has 0 fully saturated rings. The Morgan fingerprint density at radius 2 is 2.21 bits per heavy atom. The van der Waals surface area contributed by atoms with Gasteiger partial charge in [-0.25, -0.2) is 0 Å². The second kappa shape index (κ2) is 4.36. The van der Waals surface area contributed by atoms with Crippen LogP contribution in [0.15, 0.2) is 29.2 Å². The minimum absolute atomic E-state index is 0.0456. The van der Waals surface area contributed by atoms with Crippen molar-refractivity contribution < 1.29 is 4.79 Å². The molecule has 2 nitrogen and oxygen atoms in total. The molecule has 4 heteroatoms. The normalized spacial score (nSPS) is 20.1. The fourth-order valence-corrected chi connectivity index (χ4v) is 3.25. The van der Waals surface area contributed by atoms with Gasteiger partial charge in [0.15, 0.2) is 0 Å². The number of carbonyl (C=O) groups excluding carboxylic acids is 1. The summed E-state index contributed by atoms with van der Waals surface area (Å²) in [6, 6.07) is 7.91. The molecule has 1 aromatic carbocycles. The molecular weight excluding hydrogens is 262 g/mol. The molecular formula is C10H10BrNOS. The number of halogens is 1. The van der Waals surface area contributed by atoms with Crippen molar-refractivity contribution in [3.8, 4) is 0 Å². The maximum Gasteiger partial charge on any atom is 0.237 e. The number of benzene rings is 1. The lowest BCUT2D eigenvalue weighted by Gasteiger charge is -2.23. The van der Waals surface area contributed by atoms with E-state index in [9.17, 15) is 4.79 Å². The van der Waals surface area contributed by atoms with Gasteiger partial charge < -0.3 is 5.32 Å². The second-order valence-corrected chi connectivity index (χ2v) is 5.11. The molecule has 0 saturated carbocycles. The quantitative estimate of drug-likeness (QED) is 0.839. The van der Waals surface area contributed by atoms with Crippen LogP contribution in [0.1, 0.15) is 6.42 Å². The number of thioether (sulfide) groups is 1. The summed E-state index contributed by atoms with van der Waals surface area (Å²) in [7, 11) is 0. The molecule has 1 N–H and O–H groups in total. The molecule has 0 saturated heterocycles. The highest BCUT2D eigenvalue weighted by Crippen LogP contribution is 2.36. The Morgan fingerprint density at radius 1 is 1.43 bits per heavy atom. The number of hydrogen-bond donors (Lipinski definition) is 1. The van der Waals surface area contributed by atoms with Gasteiger partial charge in [-0.1, -0.05) is 28.1 Å². The number of carbonyl (C=O) groups is 1. The van der Waals surface area contributed by atoms with Gasteiger partial charge in [0.05, 0.1) is 10.9 Å². The summed E-state index contributed by atoms with van der Waals surface area (Å²) in [6.45, 7) is 0. The summed E-state index contributed by atoms with van der Waals surface area (Å²) in [5, 5.41) is 3.82. The van der Waals surface area contributed by atoms with E-state index < -0.39 is 0 Å². The van der Waals surface area contributed by atoms with Crippen LogP contribution in [0.5, 0.6) is 0 Å². The van der Waals surface area contributed by atoms with Gasteiger partial charge in [-0.05, 0) is 18.6 Å². The zero-order chi connectivity index (χ0) is 9.97. The van der Waals surface area contributed by atoms with E-state index in [1.165, 1.54) is 0 Å². The molecule has 1 atom stereocenters. The van der Waals surface area contributed by atoms with Gasteiger partial charge in [0, 0.05) is 10.2 Å². The van der Waals surface area contributed by atoms with E-state index in [1.807, 2.05) is 24.3 Å². The number of para-hydroxylation sites is 1. The molecule has 1 aliphatic rings. The van der Waals surface area contributed by atoms with Crippen molar-refractivity contribution in [3.63, 3.8) is 0 Å². The van der Waals surface area contributed by atoms with Crippen molar-refractivity contribution in [2.75, 3.05) is 10.6 Å². The number of anilines is 1. The molecule has 1 amide bonds. The Hall–Kier alpha value is -0.480. The number of fused-ring (bicyclic) bond motifs is 1. The molecule has 1 aliphatic heterocycles. The number of amides is 1. The summed E-state index contributed by atoms with van der Waals surface area (Å²) < 4.78 is 0. The zero-order valence-electron chi connectivity index (χ0n) is 7.50. The lowest BCUT2D eigenvalue weighted by Crippen LogP contribution is -2.29. The highest BCUT2D eigenvalue weighted by molar-refractivity contribution is 9.09. The van der Waals surface area contributed by atoms with Crippen LogP contribution >= 0.6 is 27.7 Å². The molecule has 0 spiro atoms. The summed E-state index contributed by atoms with van der Waals surface area (Å²) in [5.41, 5.74) is 0.938. The van der Waals surface area contributed by atoms with Gasteiger partial charge in [-0.3, -0.25) is 4.79 Å². The third kappa shape index (κ3) is 1.96. The Labute approximate surface area is 95.6 Å². The van der Waals surface area contributed by atoms with E-state index in [-0.39, 0.29) is 11.2 Å². The summed E-state index contributed by atoms with van der Waals surface area (Å²) in [5.74, 6) is 0.119. The van der Waals surface area contributed by atoms with Crippen LogP contribution in [0.25, 0.3) is 0 Å². The third-order valence-corrected chi connectivity index (χ3v) is 3.88. The van der Waals surface area contributed by atoms with E-state index in [0.29, 0.717) is 0 Å². The molecule has 0 bridgehead atoms. The molecule has 0 aromatic heterocycles. The van der Waals surface area contributed by atoms with Crippen LogP contribution < -0.4 is 5.32 Å². The van der Waals surface area contributed by atoms with Crippen molar-refractivity contribution in [2.45, 2.75) is 16.6 Å². The molecule has 1 heterocycles. The highest BCUT2D eigenvalue weighted by Gasteiger charge is 2.25. The zero-order valence-corrected chi connectivity index (χ0v) is 9.90. The molecule has 14 heavy (non-hydrogen) atoms. The predicted octanol–water partition coefficient (Wildman–Crippen LogP) is 2.88. The first kappa shape index (κ1) is 10.1. The van der Waals surface area contributed by atoms with E-state index in [4.69, 9.17) is 0 Å². The highest BCUT2D eigenvalue weighted by atomic mass is 79.9. The van der Waals surface area contributed by atoms with E-state index >= 15 is 0 Å². The van der Waals surface area contributed by atoms with Crippen LogP contribution in [0.4, 0.5) is 5.69 Å². The Balaban J connectivity index is 2.22. The van der Waals surface area contributed by atoms with Crippen LogP contribution in [-0.4, -0.2) is 16.5 Å². The minimum Gasteiger partial charge on any atom is -0.324 e. The number of rotatable bonds is 2. The standard InChI is InChI=1S/C10H10BrNOS/c11-6-5-9-10(13)12-7-3-1-2-4-8(7)14-9/h1-4,9H,5-6H2,(H,12,13)/t9-/m1/s1. The predicted molar refractivity (Wildman–Crippen MR) is 63.1 cm³/mol. The maximum atomic E-state index is 11.6. The Bertz CT molecular complexity index is 356. The van der Waals surface area contributed by atoms with Crippen molar-refractivity contribution >= 4 is 39.3 Å². The Kier molecular flexibility index (Phi) is 3.13. The van der Waals surface area contributed by atoms with Gasteiger partial charge in [0.25, 0.3) is 0 Å². The third-order valence-electron chi connectivity index (χ3n) is 2.08. The first-order valence-corrected chi connectivity index (χ1v) is 6.44. The molecule has 0 unspecified atom stereocenters. The summed E-state index contributed by atoms with van der Waals surface area (Å²) >= 11 is 5.01. The SMILES string of the molecule is O=C1Nc2ccccc2S[C@@H]1CCBr. The van der Waals surface area contributed by atoms with E-state index in [0.717, 1.165) is 22.3 Å². The topological polar surface area (TPSA) is 29.1 Å². The monoisotopic (exact) mass is 271 g/mol. The van der Waals surface area contributed by atoms with Crippen LogP contribution in [0.2, 0.25) is 0 Å². The van der Waals surface area contributed by atoms with Crippen molar-refractivity contribution in [1.29, 1.82) is 0 Å². The number of alkyl halides is 1. The number of hydrogen-bond acceptors (Lipinski definition) is 2. The van der Waals surface area contributed by atoms with Gasteiger partial charge in [-0.15, -0.1) is 11.8 Å². The average molecular weight is 272 g/mol. The van der Waals surface area contributed by atoms with Gasteiger partial charge in [-0.2, -0.15) is 0 Å². The molecule has 0 aliphatic carbocycles. The average Bonchev–Trinajstić information content (AvgIpc) is 2.19. The fraction of sp³-hybridized carbons (Fsp3) is 0.300. The lowest BCUT2D eigenvalue weighted by molar-refractivity contribution is -0.115. The Morgan fingerprint density at radius 3 is 3.00 bits per heavy atom. The largest absolute Gasteiger partial charge is 0.324 e. The van der Waals surface area contributed by atoms with Crippen molar-refractivity contribution in [2.24, 2.45) is 0 Å². The van der Waals surface area contributed by atoms with Gasteiger partial charge >= 0.3 is 0 Å². The van der Waals surface area contributed by atoms with E-state index in [1.54, 1.807) is 11.8 Å². The molecule has 74 valence electrons. The van der Waals surface area contributed by atoms with Gasteiger partial charge in [0.1, 0.15) is 0 Å². The van der Waals surface area contributed by atoms with Crippen molar-refractivity contribution in [3.05, 3.63) is 24.3 Å². The first-order chi connectivity index (χ1) is 6.81.